The van der Waals surface area contributed by atoms with E-state index in [2.05, 4.69) is 19.9 Å². The highest BCUT2D eigenvalue weighted by molar-refractivity contribution is 5.28. The zero-order chi connectivity index (χ0) is 21.3. The molecule has 0 spiro atoms. The maximum absolute atomic E-state index is 5.35. The maximum Gasteiger partial charge on any atom is 0.123 e. The summed E-state index contributed by atoms with van der Waals surface area (Å²) < 4.78 is 0. The Hall–Kier alpha value is -3.60. The number of nitrogen functional groups attached to an aromatic ring is 1. The van der Waals surface area contributed by atoms with Gasteiger partial charge in [-0.2, -0.15) is 0 Å². The van der Waals surface area contributed by atoms with Crippen molar-refractivity contribution in [2.24, 2.45) is 0 Å². The summed E-state index contributed by atoms with van der Waals surface area (Å²) in [6.07, 6.45) is 8.97. The van der Waals surface area contributed by atoms with Crippen molar-refractivity contribution in [1.82, 2.24) is 19.9 Å². The first kappa shape index (κ1) is 23.4. The fraction of sp³-hybridized carbons (Fsp3) is 0.167. The van der Waals surface area contributed by atoms with E-state index in [9.17, 15) is 0 Å². The predicted octanol–water partition coefficient (Wildman–Crippen LogP) is 5.14. The van der Waals surface area contributed by atoms with Crippen molar-refractivity contribution in [2.75, 3.05) is 5.73 Å². The number of hydrogen-bond acceptors (Lipinski definition) is 5. The lowest BCUT2D eigenvalue weighted by Crippen LogP contribution is -1.89. The van der Waals surface area contributed by atoms with E-state index < -0.39 is 0 Å². The Morgan fingerprint density at radius 2 is 1.31 bits per heavy atom. The first-order valence-corrected chi connectivity index (χ1v) is 9.27. The van der Waals surface area contributed by atoms with Gasteiger partial charge < -0.3 is 5.73 Å². The summed E-state index contributed by atoms with van der Waals surface area (Å²) in [5.74, 6) is 0.588. The lowest BCUT2D eigenvalue weighted by Gasteiger charge is -1.90. The zero-order valence-electron chi connectivity index (χ0n) is 17.5. The Labute approximate surface area is 173 Å². The van der Waals surface area contributed by atoms with Crippen LogP contribution in [0.5, 0.6) is 0 Å². The molecule has 0 aliphatic rings. The molecule has 0 aromatic carbocycles. The van der Waals surface area contributed by atoms with E-state index in [1.165, 1.54) is 11.1 Å². The topological polar surface area (TPSA) is 77.6 Å². The van der Waals surface area contributed by atoms with E-state index in [4.69, 9.17) is 5.73 Å². The molecule has 0 unspecified atom stereocenters. The average Bonchev–Trinajstić information content (AvgIpc) is 2.71. The van der Waals surface area contributed by atoms with Crippen molar-refractivity contribution >= 4 is 5.82 Å². The third kappa shape index (κ3) is 13.2. The lowest BCUT2D eigenvalue weighted by atomic mass is 10.3. The van der Waals surface area contributed by atoms with Gasteiger partial charge in [-0.05, 0) is 81.3 Å². The van der Waals surface area contributed by atoms with Crippen LogP contribution in [0, 0.1) is 27.7 Å². The highest BCUT2D eigenvalue weighted by Gasteiger charge is 1.82. The summed E-state index contributed by atoms with van der Waals surface area (Å²) in [7, 11) is 0. The van der Waals surface area contributed by atoms with Crippen molar-refractivity contribution in [2.45, 2.75) is 27.7 Å². The molecule has 0 saturated carbocycles. The van der Waals surface area contributed by atoms with E-state index in [0.717, 1.165) is 11.4 Å². The summed E-state index contributed by atoms with van der Waals surface area (Å²) in [6.45, 7) is 7.95. The number of anilines is 1. The van der Waals surface area contributed by atoms with Crippen LogP contribution in [0.25, 0.3) is 0 Å². The van der Waals surface area contributed by atoms with Crippen LogP contribution in [0.4, 0.5) is 5.82 Å². The molecule has 150 valence electrons. The lowest BCUT2D eigenvalue weighted by molar-refractivity contribution is 1.20. The molecule has 4 aromatic heterocycles. The molecule has 0 aliphatic carbocycles. The van der Waals surface area contributed by atoms with Crippen molar-refractivity contribution < 1.29 is 0 Å². The van der Waals surface area contributed by atoms with Crippen LogP contribution in [0.1, 0.15) is 22.5 Å². The molecule has 2 N–H and O–H groups in total. The summed E-state index contributed by atoms with van der Waals surface area (Å²) >= 11 is 0. The summed E-state index contributed by atoms with van der Waals surface area (Å²) in [4.78, 5) is 15.7. The van der Waals surface area contributed by atoms with E-state index >= 15 is 0 Å². The molecular formula is C24H29N5. The van der Waals surface area contributed by atoms with E-state index in [-0.39, 0.29) is 0 Å². The van der Waals surface area contributed by atoms with Crippen molar-refractivity contribution in [3.05, 3.63) is 114 Å². The van der Waals surface area contributed by atoms with Gasteiger partial charge in [0.25, 0.3) is 0 Å². The number of aromatic nitrogens is 4. The van der Waals surface area contributed by atoms with Gasteiger partial charge in [-0.1, -0.05) is 18.2 Å². The zero-order valence-corrected chi connectivity index (χ0v) is 17.5. The van der Waals surface area contributed by atoms with Crippen LogP contribution >= 0.6 is 0 Å². The Bertz CT molecular complexity index is 791. The molecule has 0 atom stereocenters. The Morgan fingerprint density at radius 1 is 0.586 bits per heavy atom. The summed E-state index contributed by atoms with van der Waals surface area (Å²) in [5.41, 5.74) is 9.85. The molecule has 29 heavy (non-hydrogen) atoms. The number of hydrogen-bond donors (Lipinski definition) is 1. The van der Waals surface area contributed by atoms with Crippen LogP contribution in [0.3, 0.4) is 0 Å². The van der Waals surface area contributed by atoms with Gasteiger partial charge in [0.05, 0.1) is 0 Å². The molecule has 0 saturated heterocycles. The molecule has 4 rings (SSSR count). The van der Waals surface area contributed by atoms with Gasteiger partial charge in [-0.15, -0.1) is 0 Å². The molecule has 4 aromatic rings. The monoisotopic (exact) mass is 387 g/mol. The number of nitrogens with two attached hydrogens (primary N) is 1. The van der Waals surface area contributed by atoms with E-state index in [0.29, 0.717) is 5.82 Å². The van der Waals surface area contributed by atoms with Crippen molar-refractivity contribution in [3.8, 4) is 0 Å². The number of rotatable bonds is 0. The third-order valence-electron chi connectivity index (χ3n) is 3.38. The third-order valence-corrected chi connectivity index (χ3v) is 3.38. The first-order chi connectivity index (χ1) is 14.0. The van der Waals surface area contributed by atoms with Crippen LogP contribution in [0.15, 0.2) is 91.6 Å². The van der Waals surface area contributed by atoms with Gasteiger partial charge >= 0.3 is 0 Å². The van der Waals surface area contributed by atoms with Gasteiger partial charge in [0, 0.05) is 42.4 Å². The SMILES string of the molecule is Cc1cccc(N)n1.Cc1ccccn1.Cc1cccnc1.Cc1ccncc1. The molecule has 0 amide bonds. The molecule has 0 bridgehead atoms. The summed E-state index contributed by atoms with van der Waals surface area (Å²) in [5, 5.41) is 0. The molecule has 4 heterocycles. The highest BCUT2D eigenvalue weighted by atomic mass is 14.8. The highest BCUT2D eigenvalue weighted by Crippen LogP contribution is 1.96. The van der Waals surface area contributed by atoms with E-state index in [1.807, 2.05) is 88.5 Å². The van der Waals surface area contributed by atoms with Crippen molar-refractivity contribution in [3.63, 3.8) is 0 Å². The Balaban J connectivity index is 0.000000194. The van der Waals surface area contributed by atoms with Gasteiger partial charge in [-0.3, -0.25) is 15.0 Å². The standard InChI is InChI=1S/C6H8N2.3C6H7N/c1-5-3-2-4-6(7)8-5;1-6-2-4-7-5-3-6;1-6-3-2-4-7-5-6;1-6-4-2-3-5-7-6/h2-4H,1H3,(H2,7,8);3*2-5H,1H3. The number of aryl methyl sites for hydroxylation is 4. The predicted molar refractivity (Wildman–Crippen MR) is 120 cm³/mol. The smallest absolute Gasteiger partial charge is 0.123 e. The normalized spacial score (nSPS) is 8.83. The van der Waals surface area contributed by atoms with Crippen LogP contribution in [-0.4, -0.2) is 19.9 Å². The molecule has 5 heteroatoms. The average molecular weight is 388 g/mol. The van der Waals surface area contributed by atoms with Gasteiger partial charge in [0.1, 0.15) is 5.82 Å². The van der Waals surface area contributed by atoms with Crippen LogP contribution < -0.4 is 5.73 Å². The minimum atomic E-state index is 0.588. The fourth-order valence-corrected chi connectivity index (χ4v) is 1.89. The second-order valence-corrected chi connectivity index (χ2v) is 6.23. The first-order valence-electron chi connectivity index (χ1n) is 9.27. The largest absolute Gasteiger partial charge is 0.384 e. The maximum atomic E-state index is 5.35. The van der Waals surface area contributed by atoms with Gasteiger partial charge in [-0.25, -0.2) is 4.98 Å². The van der Waals surface area contributed by atoms with Crippen molar-refractivity contribution in [1.29, 1.82) is 0 Å². The molecule has 5 nitrogen and oxygen atoms in total. The minimum absolute atomic E-state index is 0.588. The van der Waals surface area contributed by atoms with Crippen LogP contribution in [0.2, 0.25) is 0 Å². The fourth-order valence-electron chi connectivity index (χ4n) is 1.89. The number of nitrogens with zero attached hydrogens (tertiary/aromatic N) is 4. The Morgan fingerprint density at radius 3 is 1.62 bits per heavy atom. The van der Waals surface area contributed by atoms with Gasteiger partial charge in [0.15, 0.2) is 0 Å². The molecule has 0 fully saturated rings. The second-order valence-electron chi connectivity index (χ2n) is 6.23. The quantitative estimate of drug-likeness (QED) is 0.452. The van der Waals surface area contributed by atoms with Crippen LogP contribution in [-0.2, 0) is 0 Å². The second kappa shape index (κ2) is 14.5. The van der Waals surface area contributed by atoms with E-state index in [1.54, 1.807) is 30.9 Å². The Kier molecular flexibility index (Phi) is 11.7. The molecule has 0 aliphatic heterocycles. The number of pyridine rings is 4. The minimum Gasteiger partial charge on any atom is -0.384 e. The van der Waals surface area contributed by atoms with Gasteiger partial charge in [0.2, 0.25) is 0 Å². The molecular weight excluding hydrogens is 358 g/mol. The molecule has 0 radical (unpaired) electrons. The summed E-state index contributed by atoms with van der Waals surface area (Å²) in [6, 6.07) is 19.3.